The molecule has 2 nitrogen and oxygen atoms in total. The zero-order chi connectivity index (χ0) is 29.9. The number of rotatable bonds is 2. The third-order valence-corrected chi connectivity index (χ3v) is 9.08. The topological polar surface area (TPSA) is 26.3 Å². The van der Waals surface area contributed by atoms with Crippen molar-refractivity contribution in [1.82, 2.24) is 0 Å². The van der Waals surface area contributed by atoms with Gasteiger partial charge in [0, 0.05) is 26.9 Å². The Balaban J connectivity index is 1.35. The first-order valence-corrected chi connectivity index (χ1v) is 15.3. The van der Waals surface area contributed by atoms with Crippen LogP contribution < -0.4 is 10.4 Å². The number of furan rings is 2. The zero-order valence-corrected chi connectivity index (χ0v) is 24.6. The smallest absolute Gasteiger partial charge is 0.143 e. The highest BCUT2D eigenvalue weighted by Gasteiger charge is 2.15. The maximum atomic E-state index is 6.45. The lowest BCUT2D eigenvalue weighted by Crippen LogP contribution is -2.30. The first kappa shape index (κ1) is 25.6. The molecule has 6 aromatic carbocycles. The summed E-state index contributed by atoms with van der Waals surface area (Å²) in [5.74, 6) is 0. The standard InChI is InChI=1S/C43H28O2/c1-27-11-3-2-4-13-31(29-20-23-40-37(25-29)34-16-9-10-18-39(34)44-40)33-15-7-8-17-35(33)42(27)30-21-24-41-38(26-30)36-22-19-28-12-5-6-14-32(28)43(36)45-41/h2-12,14-26H,1,13H2/b4-2-,11-3-,33-31+,42-35?. The highest BCUT2D eigenvalue weighted by Crippen LogP contribution is 2.36. The second-order valence-electron chi connectivity index (χ2n) is 11.7. The lowest BCUT2D eigenvalue weighted by atomic mass is 9.90. The molecule has 0 spiro atoms. The van der Waals surface area contributed by atoms with Crippen molar-refractivity contribution < 1.29 is 8.83 Å². The van der Waals surface area contributed by atoms with Crippen LogP contribution in [0.1, 0.15) is 17.5 Å². The van der Waals surface area contributed by atoms with E-state index in [0.29, 0.717) is 0 Å². The molecule has 0 saturated carbocycles. The van der Waals surface area contributed by atoms with E-state index in [2.05, 4.69) is 140 Å². The maximum absolute atomic E-state index is 6.45. The zero-order valence-electron chi connectivity index (χ0n) is 24.6. The van der Waals surface area contributed by atoms with Crippen LogP contribution >= 0.6 is 0 Å². The number of allylic oxidation sites excluding steroid dienone is 5. The fourth-order valence-electron chi connectivity index (χ4n) is 6.95. The molecule has 0 atom stereocenters. The Hall–Kier alpha value is -5.86. The minimum atomic E-state index is 0.793. The van der Waals surface area contributed by atoms with Gasteiger partial charge in [-0.25, -0.2) is 0 Å². The van der Waals surface area contributed by atoms with E-state index in [1.165, 1.54) is 21.7 Å². The first-order chi connectivity index (χ1) is 22.2. The van der Waals surface area contributed by atoms with Crippen molar-refractivity contribution in [3.05, 3.63) is 179 Å². The van der Waals surface area contributed by atoms with E-state index in [0.717, 1.165) is 77.6 Å². The molecule has 8 aromatic rings. The van der Waals surface area contributed by atoms with E-state index < -0.39 is 0 Å². The number of benzene rings is 6. The molecule has 0 saturated heterocycles. The van der Waals surface area contributed by atoms with Gasteiger partial charge in [0.05, 0.1) is 0 Å². The molecule has 0 aliphatic heterocycles. The molecule has 0 unspecified atom stereocenters. The van der Waals surface area contributed by atoms with Gasteiger partial charge in [-0.3, -0.25) is 0 Å². The molecule has 1 aliphatic carbocycles. The molecule has 45 heavy (non-hydrogen) atoms. The van der Waals surface area contributed by atoms with Gasteiger partial charge in [0.2, 0.25) is 0 Å². The van der Waals surface area contributed by atoms with E-state index >= 15 is 0 Å². The Labute approximate surface area is 259 Å². The summed E-state index contributed by atoms with van der Waals surface area (Å²) >= 11 is 0. The van der Waals surface area contributed by atoms with Gasteiger partial charge >= 0.3 is 0 Å². The molecule has 0 radical (unpaired) electrons. The molecule has 9 rings (SSSR count). The number of hydrogen-bond donors (Lipinski definition) is 0. The van der Waals surface area contributed by atoms with Crippen LogP contribution in [0.3, 0.4) is 0 Å². The van der Waals surface area contributed by atoms with Gasteiger partial charge in [0.1, 0.15) is 22.3 Å². The molecule has 0 N–H and O–H groups in total. The Morgan fingerprint density at radius 2 is 1.20 bits per heavy atom. The normalized spacial score (nSPS) is 16.5. The van der Waals surface area contributed by atoms with Crippen molar-refractivity contribution in [3.63, 3.8) is 0 Å². The predicted octanol–water partition coefficient (Wildman–Crippen LogP) is 10.1. The van der Waals surface area contributed by atoms with Gasteiger partial charge in [-0.1, -0.05) is 116 Å². The SMILES string of the molecule is C=C1/C=C\C=C/C/C(c2ccc3oc4ccccc4c3c2)=c2/ccccc2=C1c1ccc2oc3c4ccccc4ccc3c2c1. The number of hydrogen-bond acceptors (Lipinski definition) is 2. The van der Waals surface area contributed by atoms with E-state index in [1.54, 1.807) is 0 Å². The highest BCUT2D eigenvalue weighted by molar-refractivity contribution is 6.15. The quantitative estimate of drug-likeness (QED) is 0.205. The largest absolute Gasteiger partial charge is 0.456 e. The molecule has 2 aromatic heterocycles. The summed E-state index contributed by atoms with van der Waals surface area (Å²) < 4.78 is 12.6. The second-order valence-corrected chi connectivity index (χ2v) is 11.7. The minimum absolute atomic E-state index is 0.793. The van der Waals surface area contributed by atoms with Gasteiger partial charge in [0.15, 0.2) is 0 Å². The molecule has 2 heteroatoms. The van der Waals surface area contributed by atoms with Gasteiger partial charge in [0.25, 0.3) is 0 Å². The summed E-state index contributed by atoms with van der Waals surface area (Å²) in [7, 11) is 0. The maximum Gasteiger partial charge on any atom is 0.143 e. The van der Waals surface area contributed by atoms with Crippen LogP contribution in [0.25, 0.3) is 65.8 Å². The van der Waals surface area contributed by atoms with Gasteiger partial charge < -0.3 is 8.83 Å². The molecule has 212 valence electrons. The van der Waals surface area contributed by atoms with E-state index in [4.69, 9.17) is 8.83 Å². The van der Waals surface area contributed by atoms with Crippen molar-refractivity contribution in [2.45, 2.75) is 6.42 Å². The first-order valence-electron chi connectivity index (χ1n) is 15.3. The van der Waals surface area contributed by atoms with Crippen molar-refractivity contribution >= 4 is 65.8 Å². The van der Waals surface area contributed by atoms with Crippen molar-refractivity contribution in [1.29, 1.82) is 0 Å². The van der Waals surface area contributed by atoms with E-state index in [9.17, 15) is 0 Å². The fraction of sp³-hybridized carbons (Fsp3) is 0.0233. The van der Waals surface area contributed by atoms with Crippen molar-refractivity contribution in [2.75, 3.05) is 0 Å². The third-order valence-electron chi connectivity index (χ3n) is 9.08. The predicted molar refractivity (Wildman–Crippen MR) is 188 cm³/mol. The second kappa shape index (κ2) is 10.1. The average Bonchev–Trinajstić information content (AvgIpc) is 3.65. The molecule has 0 amide bonds. The Bertz CT molecular complexity index is 2690. The lowest BCUT2D eigenvalue weighted by molar-refractivity contribution is 0.669. The van der Waals surface area contributed by atoms with Gasteiger partial charge in [-0.15, -0.1) is 0 Å². The van der Waals surface area contributed by atoms with E-state index in [1.807, 2.05) is 12.1 Å². The highest BCUT2D eigenvalue weighted by atomic mass is 16.3. The molecular formula is C43H28O2. The van der Waals surface area contributed by atoms with Gasteiger partial charge in [-0.05, 0) is 86.5 Å². The van der Waals surface area contributed by atoms with Crippen molar-refractivity contribution in [3.8, 4) is 0 Å². The minimum Gasteiger partial charge on any atom is -0.456 e. The van der Waals surface area contributed by atoms with Crippen LogP contribution in [0.4, 0.5) is 0 Å². The van der Waals surface area contributed by atoms with Crippen LogP contribution in [0.2, 0.25) is 0 Å². The summed E-state index contributed by atoms with van der Waals surface area (Å²) in [5, 5.41) is 9.16. The summed E-state index contributed by atoms with van der Waals surface area (Å²) in [6, 6.07) is 42.9. The van der Waals surface area contributed by atoms with Gasteiger partial charge in [-0.2, -0.15) is 0 Å². The number of para-hydroxylation sites is 1. The van der Waals surface area contributed by atoms with Crippen LogP contribution in [-0.4, -0.2) is 0 Å². The Kier molecular flexibility index (Phi) is 5.76. The average molecular weight is 577 g/mol. The Morgan fingerprint density at radius 3 is 2.11 bits per heavy atom. The summed E-state index contributed by atoms with van der Waals surface area (Å²) in [6.45, 7) is 4.58. The summed E-state index contributed by atoms with van der Waals surface area (Å²) in [5.41, 5.74) is 9.26. The summed E-state index contributed by atoms with van der Waals surface area (Å²) in [4.78, 5) is 0. The van der Waals surface area contributed by atoms with Crippen LogP contribution in [0, 0.1) is 0 Å². The molecule has 0 bridgehead atoms. The van der Waals surface area contributed by atoms with Crippen molar-refractivity contribution in [2.24, 2.45) is 0 Å². The lowest BCUT2D eigenvalue weighted by Gasteiger charge is -2.13. The molecule has 0 fully saturated rings. The van der Waals surface area contributed by atoms with Crippen LogP contribution in [0.5, 0.6) is 0 Å². The fourth-order valence-corrected chi connectivity index (χ4v) is 6.95. The summed E-state index contributed by atoms with van der Waals surface area (Å²) in [6.07, 6.45) is 9.36. The number of fused-ring (bicyclic) bond motifs is 9. The molecule has 1 aliphatic rings. The van der Waals surface area contributed by atoms with Crippen LogP contribution in [0.15, 0.2) is 167 Å². The Morgan fingerprint density at radius 1 is 0.511 bits per heavy atom. The van der Waals surface area contributed by atoms with E-state index in [-0.39, 0.29) is 0 Å². The monoisotopic (exact) mass is 576 g/mol. The molecular weight excluding hydrogens is 548 g/mol. The molecule has 2 heterocycles. The third kappa shape index (κ3) is 4.11. The van der Waals surface area contributed by atoms with Crippen LogP contribution in [-0.2, 0) is 0 Å².